The summed E-state index contributed by atoms with van der Waals surface area (Å²) in [4.78, 5) is 39.8. The Kier molecular flexibility index (Phi) is 10.3. The van der Waals surface area contributed by atoms with Crippen molar-refractivity contribution >= 4 is 46.9 Å². The number of nitrogens with one attached hydrogen (secondary N) is 3. The van der Waals surface area contributed by atoms with E-state index in [0.717, 1.165) is 27.3 Å². The van der Waals surface area contributed by atoms with Gasteiger partial charge in [-0.15, -0.1) is 11.8 Å². The number of benzene rings is 4. The van der Waals surface area contributed by atoms with Crippen LogP contribution < -0.4 is 16.0 Å². The first-order valence-corrected chi connectivity index (χ1v) is 14.8. The Hall–Kier alpha value is -4.62. The maximum Gasteiger partial charge on any atom is 0.272 e. The number of amides is 3. The molecule has 0 aliphatic heterocycles. The maximum atomic E-state index is 13.4. The molecule has 0 atom stereocenters. The number of hydrogen-bond donors (Lipinski definition) is 3. The number of hydrogen-bond acceptors (Lipinski definition) is 4. The van der Waals surface area contributed by atoms with Crippen LogP contribution in [0.4, 0.5) is 11.4 Å². The molecule has 42 heavy (non-hydrogen) atoms. The molecule has 214 valence electrons. The van der Waals surface area contributed by atoms with Gasteiger partial charge in [0.15, 0.2) is 0 Å². The highest BCUT2D eigenvalue weighted by Crippen LogP contribution is 2.23. The van der Waals surface area contributed by atoms with Gasteiger partial charge in [0, 0.05) is 21.8 Å². The summed E-state index contributed by atoms with van der Waals surface area (Å²) in [6.45, 7) is 8.22. The SMILES string of the molecule is Cc1ccc(NC(=O)CSc2cccc(NC(=O)/C(=C\c3ccc(C(C)C)cc3)NC(=O)c3ccccc3)c2)c(C)c1. The maximum absolute atomic E-state index is 13.4. The smallest absolute Gasteiger partial charge is 0.272 e. The second kappa shape index (κ2) is 14.3. The molecule has 4 rings (SSSR count). The van der Waals surface area contributed by atoms with Crippen molar-refractivity contribution in [2.75, 3.05) is 16.4 Å². The summed E-state index contributed by atoms with van der Waals surface area (Å²) >= 11 is 1.37. The van der Waals surface area contributed by atoms with Crippen molar-refractivity contribution in [3.05, 3.63) is 131 Å². The lowest BCUT2D eigenvalue weighted by molar-refractivity contribution is -0.114. The van der Waals surface area contributed by atoms with Crippen LogP contribution in [-0.2, 0) is 9.59 Å². The van der Waals surface area contributed by atoms with E-state index < -0.39 is 5.91 Å². The Bertz CT molecular complexity index is 1600. The highest BCUT2D eigenvalue weighted by molar-refractivity contribution is 8.00. The molecule has 0 saturated carbocycles. The molecule has 0 spiro atoms. The van der Waals surface area contributed by atoms with Gasteiger partial charge in [-0.3, -0.25) is 14.4 Å². The molecule has 0 aliphatic carbocycles. The summed E-state index contributed by atoms with van der Waals surface area (Å²) in [5.41, 5.74) is 6.03. The summed E-state index contributed by atoms with van der Waals surface area (Å²) < 4.78 is 0. The van der Waals surface area contributed by atoms with Crippen LogP contribution in [0.5, 0.6) is 0 Å². The molecule has 0 aliphatic rings. The zero-order chi connectivity index (χ0) is 30.1. The monoisotopic (exact) mass is 577 g/mol. The number of carbonyl (C=O) groups is 3. The van der Waals surface area contributed by atoms with Gasteiger partial charge in [0.1, 0.15) is 5.70 Å². The number of anilines is 2. The van der Waals surface area contributed by atoms with Gasteiger partial charge in [0.05, 0.1) is 5.75 Å². The van der Waals surface area contributed by atoms with Gasteiger partial charge in [0.2, 0.25) is 5.91 Å². The van der Waals surface area contributed by atoms with E-state index in [-0.39, 0.29) is 23.3 Å². The van der Waals surface area contributed by atoms with Crippen molar-refractivity contribution in [3.63, 3.8) is 0 Å². The van der Waals surface area contributed by atoms with E-state index in [9.17, 15) is 14.4 Å². The predicted molar refractivity (Wildman–Crippen MR) is 173 cm³/mol. The first-order valence-electron chi connectivity index (χ1n) is 13.8. The molecule has 0 unspecified atom stereocenters. The Balaban J connectivity index is 1.46. The van der Waals surface area contributed by atoms with Gasteiger partial charge in [-0.1, -0.05) is 80.1 Å². The van der Waals surface area contributed by atoms with E-state index in [1.165, 1.54) is 17.3 Å². The summed E-state index contributed by atoms with van der Waals surface area (Å²) in [6, 6.07) is 29.8. The molecule has 0 radical (unpaired) electrons. The van der Waals surface area contributed by atoms with E-state index in [0.29, 0.717) is 17.2 Å². The first-order chi connectivity index (χ1) is 20.2. The number of thioether (sulfide) groups is 1. The Morgan fingerprint density at radius 2 is 1.55 bits per heavy atom. The highest BCUT2D eigenvalue weighted by atomic mass is 32.2. The summed E-state index contributed by atoms with van der Waals surface area (Å²) in [7, 11) is 0. The molecule has 6 nitrogen and oxygen atoms in total. The van der Waals surface area contributed by atoms with E-state index in [1.807, 2.05) is 74.5 Å². The Labute approximate surface area is 251 Å². The minimum Gasteiger partial charge on any atom is -0.325 e. The average Bonchev–Trinajstić information content (AvgIpc) is 2.98. The van der Waals surface area contributed by atoms with Crippen LogP contribution in [0.1, 0.15) is 52.4 Å². The van der Waals surface area contributed by atoms with Crippen molar-refractivity contribution in [2.45, 2.75) is 38.5 Å². The third-order valence-corrected chi connectivity index (χ3v) is 7.55. The van der Waals surface area contributed by atoms with Gasteiger partial charge in [-0.25, -0.2) is 0 Å². The van der Waals surface area contributed by atoms with Crippen molar-refractivity contribution in [1.29, 1.82) is 0 Å². The molecular weight excluding hydrogens is 542 g/mol. The molecule has 0 heterocycles. The molecule has 0 fully saturated rings. The minimum absolute atomic E-state index is 0.112. The van der Waals surface area contributed by atoms with Crippen molar-refractivity contribution < 1.29 is 14.4 Å². The van der Waals surface area contributed by atoms with Gasteiger partial charge in [-0.2, -0.15) is 0 Å². The van der Waals surface area contributed by atoms with Crippen LogP contribution in [0.3, 0.4) is 0 Å². The second-order valence-electron chi connectivity index (χ2n) is 10.3. The molecule has 0 aromatic heterocycles. The van der Waals surface area contributed by atoms with E-state index in [4.69, 9.17) is 0 Å². The van der Waals surface area contributed by atoms with Crippen LogP contribution >= 0.6 is 11.8 Å². The molecule has 4 aromatic rings. The molecule has 0 saturated heterocycles. The lowest BCUT2D eigenvalue weighted by atomic mass is 10.0. The van der Waals surface area contributed by atoms with Crippen LogP contribution in [0.2, 0.25) is 0 Å². The fourth-order valence-electron chi connectivity index (χ4n) is 4.24. The van der Waals surface area contributed by atoms with E-state index in [1.54, 1.807) is 42.5 Å². The van der Waals surface area contributed by atoms with Crippen LogP contribution in [0.25, 0.3) is 6.08 Å². The molecular formula is C35H35N3O3S. The van der Waals surface area contributed by atoms with Gasteiger partial charge >= 0.3 is 0 Å². The third-order valence-electron chi connectivity index (χ3n) is 6.56. The first kappa shape index (κ1) is 30.3. The fourth-order valence-corrected chi connectivity index (χ4v) is 4.99. The summed E-state index contributed by atoms with van der Waals surface area (Å²) in [5.74, 6) is -0.350. The zero-order valence-electron chi connectivity index (χ0n) is 24.2. The lowest BCUT2D eigenvalue weighted by Crippen LogP contribution is -2.30. The standard InChI is InChI=1S/C35H35N3O3S/c1-23(2)27-16-14-26(15-17-27)20-32(38-34(40)28-9-6-5-7-10-28)35(41)36-29-11-8-12-30(21-29)42-22-33(39)37-31-18-13-24(3)19-25(31)4/h5-21,23H,22H2,1-4H3,(H,36,41)(H,37,39)(H,38,40)/b32-20+. The van der Waals surface area contributed by atoms with Gasteiger partial charge in [-0.05, 0) is 78.9 Å². The Morgan fingerprint density at radius 3 is 2.24 bits per heavy atom. The van der Waals surface area contributed by atoms with Crippen LogP contribution in [0, 0.1) is 13.8 Å². The second-order valence-corrected chi connectivity index (χ2v) is 11.4. The topological polar surface area (TPSA) is 87.3 Å². The van der Waals surface area contributed by atoms with Crippen molar-refractivity contribution in [3.8, 4) is 0 Å². The number of aryl methyl sites for hydroxylation is 2. The highest BCUT2D eigenvalue weighted by Gasteiger charge is 2.16. The fraction of sp³-hybridized carbons (Fsp3) is 0.171. The van der Waals surface area contributed by atoms with E-state index >= 15 is 0 Å². The van der Waals surface area contributed by atoms with Gasteiger partial charge < -0.3 is 16.0 Å². The molecule has 4 aromatic carbocycles. The van der Waals surface area contributed by atoms with Crippen LogP contribution in [-0.4, -0.2) is 23.5 Å². The normalized spacial score (nSPS) is 11.2. The van der Waals surface area contributed by atoms with Crippen LogP contribution in [0.15, 0.2) is 108 Å². The summed E-state index contributed by atoms with van der Waals surface area (Å²) in [6.07, 6.45) is 1.66. The quantitative estimate of drug-likeness (QED) is 0.134. The predicted octanol–water partition coefficient (Wildman–Crippen LogP) is 7.57. The van der Waals surface area contributed by atoms with Gasteiger partial charge in [0.25, 0.3) is 11.8 Å². The minimum atomic E-state index is -0.457. The number of carbonyl (C=O) groups excluding carboxylic acids is 3. The van der Waals surface area contributed by atoms with Crippen molar-refractivity contribution in [2.24, 2.45) is 0 Å². The zero-order valence-corrected chi connectivity index (χ0v) is 25.0. The largest absolute Gasteiger partial charge is 0.325 e. The molecule has 0 bridgehead atoms. The third kappa shape index (κ3) is 8.69. The lowest BCUT2D eigenvalue weighted by Gasteiger charge is -2.13. The average molecular weight is 578 g/mol. The molecule has 3 N–H and O–H groups in total. The number of rotatable bonds is 10. The van der Waals surface area contributed by atoms with Crippen molar-refractivity contribution in [1.82, 2.24) is 5.32 Å². The Morgan fingerprint density at radius 1 is 0.810 bits per heavy atom. The van der Waals surface area contributed by atoms with E-state index in [2.05, 4.69) is 29.8 Å². The summed E-state index contributed by atoms with van der Waals surface area (Å²) in [5, 5.41) is 8.63. The molecule has 7 heteroatoms. The molecule has 3 amide bonds.